The SMILES string of the molecule is O=C(O)C(O)C(O)O. The number of aliphatic hydroxyl groups is 3. The summed E-state index contributed by atoms with van der Waals surface area (Å²) >= 11 is 0. The molecule has 0 saturated heterocycles. The van der Waals surface area contributed by atoms with Gasteiger partial charge in [-0.1, -0.05) is 0 Å². The van der Waals surface area contributed by atoms with Gasteiger partial charge in [-0.15, -0.1) is 0 Å². The second-order valence-corrected chi connectivity index (χ2v) is 1.20. The molecule has 0 spiro atoms. The van der Waals surface area contributed by atoms with E-state index in [-0.39, 0.29) is 0 Å². The lowest BCUT2D eigenvalue weighted by Crippen LogP contribution is -2.33. The third kappa shape index (κ3) is 1.87. The number of carbonyl (C=O) groups is 1. The van der Waals surface area contributed by atoms with Crippen LogP contribution in [-0.4, -0.2) is 38.8 Å². The molecule has 4 N–H and O–H groups in total. The highest BCUT2D eigenvalue weighted by Crippen LogP contribution is 1.86. The molecule has 0 fully saturated rings. The molecule has 0 amide bonds. The molecule has 0 aromatic carbocycles. The predicted molar refractivity (Wildman–Crippen MR) is 21.9 cm³/mol. The molecule has 0 saturated carbocycles. The van der Waals surface area contributed by atoms with Gasteiger partial charge in [-0.25, -0.2) is 4.79 Å². The summed E-state index contributed by atoms with van der Waals surface area (Å²) in [6.07, 6.45) is -4.30. The zero-order chi connectivity index (χ0) is 6.73. The molecule has 0 heterocycles. The highest BCUT2D eigenvalue weighted by molar-refractivity contribution is 5.72. The fourth-order valence-corrected chi connectivity index (χ4v) is 0.128. The lowest BCUT2D eigenvalue weighted by Gasteiger charge is -2.04. The van der Waals surface area contributed by atoms with Crippen LogP contribution in [0.2, 0.25) is 0 Å². The summed E-state index contributed by atoms with van der Waals surface area (Å²) in [7, 11) is 0. The van der Waals surface area contributed by atoms with Crippen LogP contribution < -0.4 is 0 Å². The Morgan fingerprint density at radius 1 is 1.25 bits per heavy atom. The van der Waals surface area contributed by atoms with Crippen molar-refractivity contribution in [3.63, 3.8) is 0 Å². The van der Waals surface area contributed by atoms with Crippen molar-refractivity contribution in [2.24, 2.45) is 0 Å². The molecule has 8 heavy (non-hydrogen) atoms. The number of hydrogen-bond acceptors (Lipinski definition) is 4. The number of hydrogen-bond donors (Lipinski definition) is 4. The van der Waals surface area contributed by atoms with E-state index >= 15 is 0 Å². The summed E-state index contributed by atoms with van der Waals surface area (Å²) in [6.45, 7) is 0. The minimum atomic E-state index is -2.20. The molecule has 1 unspecified atom stereocenters. The zero-order valence-electron chi connectivity index (χ0n) is 3.85. The Kier molecular flexibility index (Phi) is 2.40. The van der Waals surface area contributed by atoms with Gasteiger partial charge in [0.15, 0.2) is 6.29 Å². The van der Waals surface area contributed by atoms with Gasteiger partial charge in [0.1, 0.15) is 0 Å². The van der Waals surface area contributed by atoms with Crippen LogP contribution >= 0.6 is 0 Å². The van der Waals surface area contributed by atoms with E-state index < -0.39 is 18.4 Å². The number of rotatable bonds is 2. The van der Waals surface area contributed by atoms with E-state index in [1.807, 2.05) is 0 Å². The first-order chi connectivity index (χ1) is 3.55. The molecule has 1 atom stereocenters. The van der Waals surface area contributed by atoms with Crippen LogP contribution in [0.15, 0.2) is 0 Å². The van der Waals surface area contributed by atoms with Gasteiger partial charge >= 0.3 is 5.97 Å². The number of aliphatic carboxylic acids is 1. The van der Waals surface area contributed by atoms with Crippen LogP contribution in [-0.2, 0) is 4.79 Å². The topological polar surface area (TPSA) is 98.0 Å². The molecule has 0 aromatic rings. The zero-order valence-corrected chi connectivity index (χ0v) is 3.85. The average Bonchev–Trinajstić information content (AvgIpc) is 1.64. The molecular formula is C3H6O5. The summed E-state index contributed by atoms with van der Waals surface area (Å²) in [5, 5.41) is 31.7. The molecule has 0 rings (SSSR count). The lowest BCUT2D eigenvalue weighted by atomic mass is 10.4. The molecule has 0 aromatic heterocycles. The Morgan fingerprint density at radius 3 is 1.62 bits per heavy atom. The first-order valence-electron chi connectivity index (χ1n) is 1.82. The van der Waals surface area contributed by atoms with Crippen molar-refractivity contribution in [3.8, 4) is 0 Å². The van der Waals surface area contributed by atoms with Crippen LogP contribution in [0.1, 0.15) is 0 Å². The van der Waals surface area contributed by atoms with Crippen LogP contribution in [0.5, 0.6) is 0 Å². The van der Waals surface area contributed by atoms with Crippen molar-refractivity contribution in [2.45, 2.75) is 12.4 Å². The van der Waals surface area contributed by atoms with E-state index in [4.69, 9.17) is 20.4 Å². The fraction of sp³-hybridized carbons (Fsp3) is 0.667. The Bertz CT molecular complexity index is 87.7. The van der Waals surface area contributed by atoms with E-state index in [9.17, 15) is 4.79 Å². The highest BCUT2D eigenvalue weighted by atomic mass is 16.5. The van der Waals surface area contributed by atoms with Crippen molar-refractivity contribution in [1.82, 2.24) is 0 Å². The van der Waals surface area contributed by atoms with Gasteiger partial charge in [0, 0.05) is 0 Å². The van der Waals surface area contributed by atoms with Crippen molar-refractivity contribution in [2.75, 3.05) is 0 Å². The largest absolute Gasteiger partial charge is 0.479 e. The average molecular weight is 122 g/mol. The Balaban J connectivity index is 3.64. The summed E-state index contributed by atoms with van der Waals surface area (Å²) in [4.78, 5) is 9.57. The molecule has 0 aliphatic rings. The minimum Gasteiger partial charge on any atom is -0.479 e. The first-order valence-corrected chi connectivity index (χ1v) is 1.82. The van der Waals surface area contributed by atoms with Crippen molar-refractivity contribution in [1.29, 1.82) is 0 Å². The van der Waals surface area contributed by atoms with Crippen LogP contribution in [0.3, 0.4) is 0 Å². The summed E-state index contributed by atoms with van der Waals surface area (Å²) in [6, 6.07) is 0. The lowest BCUT2D eigenvalue weighted by molar-refractivity contribution is -0.171. The van der Waals surface area contributed by atoms with Gasteiger partial charge in [-0.3, -0.25) is 0 Å². The summed E-state index contributed by atoms with van der Waals surface area (Å²) in [5.74, 6) is -1.65. The molecule has 5 heteroatoms. The molecule has 0 bridgehead atoms. The predicted octanol–water partition coefficient (Wildman–Crippen LogP) is -2.26. The van der Waals surface area contributed by atoms with Crippen molar-refractivity contribution in [3.05, 3.63) is 0 Å². The van der Waals surface area contributed by atoms with Gasteiger partial charge in [0.2, 0.25) is 6.10 Å². The molecule has 0 aliphatic heterocycles. The third-order valence-corrected chi connectivity index (χ3v) is 0.535. The number of aliphatic hydroxyl groups excluding tert-OH is 2. The van der Waals surface area contributed by atoms with E-state index in [1.165, 1.54) is 0 Å². The highest BCUT2D eigenvalue weighted by Gasteiger charge is 2.20. The monoisotopic (exact) mass is 122 g/mol. The number of carboxylic acids is 1. The van der Waals surface area contributed by atoms with E-state index in [1.54, 1.807) is 0 Å². The molecule has 5 nitrogen and oxygen atoms in total. The van der Waals surface area contributed by atoms with E-state index in [0.29, 0.717) is 0 Å². The molecule has 0 radical (unpaired) electrons. The Hall–Kier alpha value is -0.650. The smallest absolute Gasteiger partial charge is 0.337 e. The molecular weight excluding hydrogens is 116 g/mol. The first kappa shape index (κ1) is 7.35. The van der Waals surface area contributed by atoms with Crippen molar-refractivity contribution < 1.29 is 25.2 Å². The van der Waals surface area contributed by atoms with E-state index in [2.05, 4.69) is 0 Å². The van der Waals surface area contributed by atoms with Gasteiger partial charge in [0.25, 0.3) is 0 Å². The van der Waals surface area contributed by atoms with Gasteiger partial charge in [0.05, 0.1) is 0 Å². The van der Waals surface area contributed by atoms with Crippen LogP contribution in [0.4, 0.5) is 0 Å². The molecule has 48 valence electrons. The van der Waals surface area contributed by atoms with Crippen LogP contribution in [0.25, 0.3) is 0 Å². The van der Waals surface area contributed by atoms with Gasteiger partial charge in [-0.05, 0) is 0 Å². The quantitative estimate of drug-likeness (QED) is 0.310. The standard InChI is InChI=1S/C3H6O5/c4-1(2(5)6)3(7)8/h1-2,4-6H,(H,7,8). The fourth-order valence-electron chi connectivity index (χ4n) is 0.128. The van der Waals surface area contributed by atoms with Gasteiger partial charge < -0.3 is 20.4 Å². The Labute approximate surface area is 44.8 Å². The third-order valence-electron chi connectivity index (χ3n) is 0.535. The van der Waals surface area contributed by atoms with E-state index in [0.717, 1.165) is 0 Å². The van der Waals surface area contributed by atoms with Crippen LogP contribution in [0, 0.1) is 0 Å². The maximum Gasteiger partial charge on any atom is 0.337 e. The number of carboxylic acid groups (broad SMARTS) is 1. The summed E-state index contributed by atoms with van der Waals surface area (Å²) < 4.78 is 0. The second kappa shape index (κ2) is 2.61. The normalized spacial score (nSPS) is 14.0. The summed E-state index contributed by atoms with van der Waals surface area (Å²) in [5.41, 5.74) is 0. The maximum atomic E-state index is 9.57. The van der Waals surface area contributed by atoms with Crippen molar-refractivity contribution >= 4 is 5.97 Å². The van der Waals surface area contributed by atoms with Gasteiger partial charge in [-0.2, -0.15) is 0 Å². The maximum absolute atomic E-state index is 9.57. The minimum absolute atomic E-state index is 1.65. The Morgan fingerprint density at radius 2 is 1.62 bits per heavy atom. The second-order valence-electron chi connectivity index (χ2n) is 1.20. The molecule has 0 aliphatic carbocycles.